The van der Waals surface area contributed by atoms with Gasteiger partial charge in [-0.1, -0.05) is 48.0 Å². The number of anilines is 2. The summed E-state index contributed by atoms with van der Waals surface area (Å²) in [6.07, 6.45) is 0. The van der Waals surface area contributed by atoms with Crippen molar-refractivity contribution in [1.29, 1.82) is 0 Å². The predicted molar refractivity (Wildman–Crippen MR) is 150 cm³/mol. The van der Waals surface area contributed by atoms with Crippen LogP contribution in [0, 0.1) is 6.92 Å². The first-order valence-electron chi connectivity index (χ1n) is 11.8. The molecule has 0 bridgehead atoms. The molecule has 0 fully saturated rings. The number of aromatic carboxylic acids is 2. The van der Waals surface area contributed by atoms with Crippen molar-refractivity contribution in [3.8, 4) is 0 Å². The van der Waals surface area contributed by atoms with Gasteiger partial charge in [-0.15, -0.1) is 11.8 Å². The minimum absolute atomic E-state index is 0.164. The molecule has 4 aromatic carbocycles. The van der Waals surface area contributed by atoms with E-state index in [-0.39, 0.29) is 17.0 Å². The number of thioether (sulfide) groups is 1. The van der Waals surface area contributed by atoms with E-state index < -0.39 is 28.7 Å². The quantitative estimate of drug-likeness (QED) is 0.188. The highest BCUT2D eigenvalue weighted by Gasteiger charge is 2.23. The second-order valence-corrected chi connectivity index (χ2v) is 9.79. The number of carbonyl (C=O) groups excluding carboxylic acids is 2. The number of hydrogen-bond acceptors (Lipinski definition) is 5. The molecule has 0 aliphatic rings. The number of aryl methyl sites for hydroxylation is 1. The fraction of sp³-hybridized carbons (Fsp3) is 0.0667. The minimum Gasteiger partial charge on any atom is -0.478 e. The second kappa shape index (κ2) is 12.1. The summed E-state index contributed by atoms with van der Waals surface area (Å²) >= 11 is 1.35. The Hall–Kier alpha value is -4.89. The summed E-state index contributed by atoms with van der Waals surface area (Å²) in [5, 5.41) is 23.6. The van der Waals surface area contributed by atoms with Crippen LogP contribution < -0.4 is 10.6 Å². The van der Waals surface area contributed by atoms with Crippen LogP contribution in [0.5, 0.6) is 0 Å². The molecule has 4 aromatic rings. The van der Waals surface area contributed by atoms with Crippen LogP contribution >= 0.6 is 11.8 Å². The SMILES string of the molecule is Cc1ccc(NC(=O)C(Sc2ccc(NC(=O)c3ccc(C(=O)O)cc3C(=O)O)cc2)c2ccccc2)cc1. The lowest BCUT2D eigenvalue weighted by Crippen LogP contribution is -2.19. The summed E-state index contributed by atoms with van der Waals surface area (Å²) in [6.45, 7) is 1.97. The Morgan fingerprint density at radius 2 is 1.31 bits per heavy atom. The maximum atomic E-state index is 13.3. The van der Waals surface area contributed by atoms with Crippen molar-refractivity contribution in [1.82, 2.24) is 0 Å². The lowest BCUT2D eigenvalue weighted by molar-refractivity contribution is -0.115. The van der Waals surface area contributed by atoms with Crippen molar-refractivity contribution in [2.24, 2.45) is 0 Å². The van der Waals surface area contributed by atoms with Gasteiger partial charge in [-0.05, 0) is 67.1 Å². The van der Waals surface area contributed by atoms with Gasteiger partial charge in [0.15, 0.2) is 0 Å². The summed E-state index contributed by atoms with van der Waals surface area (Å²) in [6, 6.07) is 27.0. The summed E-state index contributed by atoms with van der Waals surface area (Å²) in [4.78, 5) is 49.6. The molecule has 0 saturated carbocycles. The van der Waals surface area contributed by atoms with E-state index >= 15 is 0 Å². The average molecular weight is 541 g/mol. The summed E-state index contributed by atoms with van der Waals surface area (Å²) < 4.78 is 0. The zero-order valence-corrected chi connectivity index (χ0v) is 21.6. The number of rotatable bonds is 9. The third-order valence-electron chi connectivity index (χ3n) is 5.77. The number of amides is 2. The Labute approximate surface area is 228 Å². The number of nitrogens with one attached hydrogen (secondary N) is 2. The second-order valence-electron chi connectivity index (χ2n) is 8.61. The maximum Gasteiger partial charge on any atom is 0.336 e. The largest absolute Gasteiger partial charge is 0.478 e. The number of hydrogen-bond donors (Lipinski definition) is 4. The van der Waals surface area contributed by atoms with Gasteiger partial charge in [0.2, 0.25) is 5.91 Å². The molecule has 0 spiro atoms. The van der Waals surface area contributed by atoms with E-state index in [4.69, 9.17) is 5.11 Å². The fourth-order valence-corrected chi connectivity index (χ4v) is 4.77. The number of carboxylic acid groups (broad SMARTS) is 2. The highest BCUT2D eigenvalue weighted by Crippen LogP contribution is 2.36. The van der Waals surface area contributed by atoms with Gasteiger partial charge >= 0.3 is 11.9 Å². The molecule has 1 unspecified atom stereocenters. The Bertz CT molecular complexity index is 1520. The Morgan fingerprint density at radius 3 is 1.92 bits per heavy atom. The van der Waals surface area contributed by atoms with E-state index in [1.807, 2.05) is 61.5 Å². The lowest BCUT2D eigenvalue weighted by atomic mass is 10.0. The van der Waals surface area contributed by atoms with Gasteiger partial charge in [0.1, 0.15) is 5.25 Å². The first kappa shape index (κ1) is 27.2. The van der Waals surface area contributed by atoms with Crippen LogP contribution in [0.4, 0.5) is 11.4 Å². The molecule has 4 rings (SSSR count). The van der Waals surface area contributed by atoms with Crippen molar-refractivity contribution >= 4 is 46.9 Å². The van der Waals surface area contributed by atoms with Crippen LogP contribution in [-0.4, -0.2) is 34.0 Å². The third kappa shape index (κ3) is 6.91. The van der Waals surface area contributed by atoms with Crippen LogP contribution in [0.15, 0.2) is 102 Å². The molecule has 1 atom stereocenters. The summed E-state index contributed by atoms with van der Waals surface area (Å²) in [5.74, 6) is -3.58. The van der Waals surface area contributed by atoms with Crippen LogP contribution in [-0.2, 0) is 4.79 Å². The molecule has 0 radical (unpaired) electrons. The van der Waals surface area contributed by atoms with Crippen molar-refractivity contribution < 1.29 is 29.4 Å². The molecular weight excluding hydrogens is 516 g/mol. The average Bonchev–Trinajstić information content (AvgIpc) is 2.93. The Kier molecular flexibility index (Phi) is 8.43. The minimum atomic E-state index is -1.41. The Balaban J connectivity index is 1.50. The number of carbonyl (C=O) groups is 4. The lowest BCUT2D eigenvalue weighted by Gasteiger charge is -2.17. The van der Waals surface area contributed by atoms with Crippen molar-refractivity contribution in [3.63, 3.8) is 0 Å². The van der Waals surface area contributed by atoms with E-state index in [1.54, 1.807) is 24.3 Å². The first-order valence-corrected chi connectivity index (χ1v) is 12.7. The molecule has 9 heteroatoms. The Morgan fingerprint density at radius 1 is 0.692 bits per heavy atom. The molecule has 0 heterocycles. The molecule has 39 heavy (non-hydrogen) atoms. The molecular formula is C30H24N2O6S. The third-order valence-corrected chi connectivity index (χ3v) is 7.03. The van der Waals surface area contributed by atoms with Crippen LogP contribution in [0.3, 0.4) is 0 Å². The molecule has 2 amide bonds. The van der Waals surface area contributed by atoms with Gasteiger partial charge < -0.3 is 20.8 Å². The van der Waals surface area contributed by atoms with E-state index in [1.165, 1.54) is 23.9 Å². The number of benzene rings is 4. The van der Waals surface area contributed by atoms with Gasteiger partial charge in [-0.2, -0.15) is 0 Å². The van der Waals surface area contributed by atoms with Crippen LogP contribution in [0.1, 0.15) is 47.5 Å². The van der Waals surface area contributed by atoms with Crippen molar-refractivity contribution in [2.45, 2.75) is 17.1 Å². The van der Waals surface area contributed by atoms with E-state index in [9.17, 15) is 24.3 Å². The van der Waals surface area contributed by atoms with E-state index in [2.05, 4.69) is 10.6 Å². The van der Waals surface area contributed by atoms with Gasteiger partial charge in [0, 0.05) is 16.3 Å². The highest BCUT2D eigenvalue weighted by molar-refractivity contribution is 8.00. The van der Waals surface area contributed by atoms with E-state index in [0.717, 1.165) is 22.1 Å². The summed E-state index contributed by atoms with van der Waals surface area (Å²) in [5.41, 5.74) is 2.21. The maximum absolute atomic E-state index is 13.3. The molecule has 0 aromatic heterocycles. The smallest absolute Gasteiger partial charge is 0.336 e. The monoisotopic (exact) mass is 540 g/mol. The van der Waals surface area contributed by atoms with Gasteiger partial charge in [-0.25, -0.2) is 9.59 Å². The van der Waals surface area contributed by atoms with Crippen molar-refractivity contribution in [3.05, 3.63) is 125 Å². The number of carboxylic acids is 2. The zero-order valence-electron chi connectivity index (χ0n) is 20.8. The standard InChI is InChI=1S/C30H24N2O6S/c1-18-7-10-21(11-8-18)32-28(34)26(19-5-3-2-4-6-19)39-23-14-12-22(13-15-23)31-27(33)24-16-9-20(29(35)36)17-25(24)30(37)38/h2-17,26H,1H3,(H,31,33)(H,32,34)(H,35,36)(H,37,38). The molecule has 0 aliphatic heterocycles. The molecule has 0 saturated heterocycles. The molecule has 196 valence electrons. The molecule has 4 N–H and O–H groups in total. The topological polar surface area (TPSA) is 133 Å². The molecule has 8 nitrogen and oxygen atoms in total. The zero-order chi connectivity index (χ0) is 27.9. The van der Waals surface area contributed by atoms with Gasteiger partial charge in [0.25, 0.3) is 5.91 Å². The van der Waals surface area contributed by atoms with Gasteiger partial charge in [-0.3, -0.25) is 9.59 Å². The fourth-order valence-electron chi connectivity index (χ4n) is 3.75. The highest BCUT2D eigenvalue weighted by atomic mass is 32.2. The van der Waals surface area contributed by atoms with Gasteiger partial charge in [0.05, 0.1) is 16.7 Å². The molecule has 0 aliphatic carbocycles. The predicted octanol–water partition coefficient (Wildman–Crippen LogP) is 6.12. The van der Waals surface area contributed by atoms with Crippen molar-refractivity contribution in [2.75, 3.05) is 10.6 Å². The van der Waals surface area contributed by atoms with Crippen LogP contribution in [0.2, 0.25) is 0 Å². The summed E-state index contributed by atoms with van der Waals surface area (Å²) in [7, 11) is 0. The normalized spacial score (nSPS) is 11.3. The van der Waals surface area contributed by atoms with Crippen LogP contribution in [0.25, 0.3) is 0 Å². The first-order chi connectivity index (χ1) is 18.7. The van der Waals surface area contributed by atoms with E-state index in [0.29, 0.717) is 11.4 Å².